The number of amides is 1. The van der Waals surface area contributed by atoms with E-state index in [0.29, 0.717) is 25.7 Å². The highest BCUT2D eigenvalue weighted by Crippen LogP contribution is 2.23. The van der Waals surface area contributed by atoms with Gasteiger partial charge in [0.2, 0.25) is 0 Å². The zero-order valence-corrected chi connectivity index (χ0v) is 20.7. The molecule has 1 aromatic rings. The Morgan fingerprint density at radius 2 is 2.07 bits per heavy atom. The lowest BCUT2D eigenvalue weighted by Crippen LogP contribution is -2.50. The van der Waals surface area contributed by atoms with Crippen LogP contribution >= 0.6 is 35.3 Å². The second-order valence-corrected chi connectivity index (χ2v) is 8.67. The van der Waals surface area contributed by atoms with Crippen molar-refractivity contribution in [2.24, 2.45) is 4.99 Å². The molecule has 0 unspecified atom stereocenters. The topological polar surface area (TPSA) is 78.8 Å². The zero-order chi connectivity index (χ0) is 19.9. The number of hydrogen-bond donors (Lipinski definition) is 2. The van der Waals surface area contributed by atoms with E-state index in [1.807, 2.05) is 6.92 Å². The molecule has 2 rings (SSSR count). The molecular formula is C19H34IN5O2S. The fraction of sp³-hybridized carbons (Fsp3) is 0.737. The monoisotopic (exact) mass is 523 g/mol. The van der Waals surface area contributed by atoms with Gasteiger partial charge < -0.3 is 20.3 Å². The number of halogens is 1. The van der Waals surface area contributed by atoms with Crippen LogP contribution in [0, 0.1) is 0 Å². The maximum Gasteiger partial charge on any atom is 0.409 e. The lowest BCUT2D eigenvalue weighted by molar-refractivity contribution is 0.0963. The Hall–Kier alpha value is -1.10. The van der Waals surface area contributed by atoms with Gasteiger partial charge in [-0.15, -0.1) is 35.3 Å². The number of aliphatic imine (C=N–C) groups is 1. The van der Waals surface area contributed by atoms with Crippen LogP contribution in [0.2, 0.25) is 0 Å². The molecule has 0 atom stereocenters. The largest absolute Gasteiger partial charge is 0.450 e. The van der Waals surface area contributed by atoms with Crippen molar-refractivity contribution in [2.45, 2.75) is 58.4 Å². The quantitative estimate of drug-likeness (QED) is 0.352. The van der Waals surface area contributed by atoms with Gasteiger partial charge in [-0.05, 0) is 19.8 Å². The normalized spacial score (nSPS) is 15.8. The zero-order valence-electron chi connectivity index (χ0n) is 17.6. The molecule has 1 aliphatic heterocycles. The molecular weight excluding hydrogens is 489 g/mol. The van der Waals surface area contributed by atoms with Crippen molar-refractivity contribution >= 4 is 47.4 Å². The summed E-state index contributed by atoms with van der Waals surface area (Å²) in [6.07, 6.45) is 2.45. The molecule has 0 radical (unpaired) electrons. The van der Waals surface area contributed by atoms with Gasteiger partial charge in [-0.25, -0.2) is 9.78 Å². The average molecular weight is 523 g/mol. The molecule has 160 valence electrons. The first-order valence-corrected chi connectivity index (χ1v) is 10.5. The number of guanidine groups is 1. The fourth-order valence-corrected chi connectivity index (χ4v) is 3.89. The standard InChI is InChI=1S/C19H33N5O2S.HI/c1-6-26-18(25)24-11-8-14(9-12-24)22-17(20-5)21-10-7-16-23-15(13-27-16)19(2,3)4;/h13-14H,6-12H2,1-5H3,(H2,20,21,22);1H. The number of ether oxygens (including phenoxy) is 1. The summed E-state index contributed by atoms with van der Waals surface area (Å²) in [5, 5.41) is 10.1. The third-order valence-electron chi connectivity index (χ3n) is 4.54. The van der Waals surface area contributed by atoms with Gasteiger partial charge in [0.1, 0.15) is 0 Å². The SMILES string of the molecule is CCOC(=O)N1CCC(NC(=NC)NCCc2nc(C(C)(C)C)cs2)CC1.I. The smallest absolute Gasteiger partial charge is 0.409 e. The average Bonchev–Trinajstić information content (AvgIpc) is 3.11. The second-order valence-electron chi connectivity index (χ2n) is 7.73. The number of carbonyl (C=O) groups excluding carboxylic acids is 1. The van der Waals surface area contributed by atoms with E-state index in [-0.39, 0.29) is 35.5 Å². The molecule has 2 heterocycles. The first-order valence-electron chi connectivity index (χ1n) is 9.67. The molecule has 0 bridgehead atoms. The molecule has 1 amide bonds. The Bertz CT molecular complexity index is 637. The number of piperidine rings is 1. The van der Waals surface area contributed by atoms with E-state index in [0.717, 1.165) is 42.5 Å². The van der Waals surface area contributed by atoms with Crippen molar-refractivity contribution in [3.05, 3.63) is 16.1 Å². The molecule has 7 nitrogen and oxygen atoms in total. The second kappa shape index (κ2) is 11.8. The summed E-state index contributed by atoms with van der Waals surface area (Å²) >= 11 is 1.72. The summed E-state index contributed by atoms with van der Waals surface area (Å²) in [6, 6.07) is 0.314. The molecule has 0 spiro atoms. The molecule has 1 aliphatic rings. The predicted octanol–water partition coefficient (Wildman–Crippen LogP) is 3.39. The van der Waals surface area contributed by atoms with Crippen LogP contribution in [0.1, 0.15) is 51.2 Å². The van der Waals surface area contributed by atoms with Crippen molar-refractivity contribution in [3.8, 4) is 0 Å². The molecule has 0 aromatic carbocycles. The van der Waals surface area contributed by atoms with Gasteiger partial charge in [-0.2, -0.15) is 0 Å². The van der Waals surface area contributed by atoms with Gasteiger partial charge in [-0.3, -0.25) is 4.99 Å². The minimum absolute atomic E-state index is 0. The van der Waals surface area contributed by atoms with Crippen LogP contribution in [-0.2, 0) is 16.6 Å². The van der Waals surface area contributed by atoms with Gasteiger partial charge in [-0.1, -0.05) is 20.8 Å². The first-order chi connectivity index (χ1) is 12.8. The highest BCUT2D eigenvalue weighted by Gasteiger charge is 2.24. The van der Waals surface area contributed by atoms with Gasteiger partial charge in [0.05, 0.1) is 17.3 Å². The number of nitrogens with zero attached hydrogens (tertiary/aromatic N) is 3. The Labute approximate surface area is 189 Å². The first kappa shape index (κ1) is 24.9. The fourth-order valence-electron chi connectivity index (χ4n) is 2.87. The summed E-state index contributed by atoms with van der Waals surface area (Å²) in [4.78, 5) is 22.6. The van der Waals surface area contributed by atoms with Crippen molar-refractivity contribution in [2.75, 3.05) is 33.3 Å². The van der Waals surface area contributed by atoms with Crippen LogP contribution in [0.3, 0.4) is 0 Å². The van der Waals surface area contributed by atoms with Crippen molar-refractivity contribution in [1.82, 2.24) is 20.5 Å². The lowest BCUT2D eigenvalue weighted by Gasteiger charge is -2.32. The summed E-state index contributed by atoms with van der Waals surface area (Å²) in [7, 11) is 1.78. The molecule has 1 fully saturated rings. The van der Waals surface area contributed by atoms with E-state index in [9.17, 15) is 4.79 Å². The Morgan fingerprint density at radius 3 is 2.61 bits per heavy atom. The van der Waals surface area contributed by atoms with Crippen molar-refractivity contribution < 1.29 is 9.53 Å². The van der Waals surface area contributed by atoms with Gasteiger partial charge in [0.25, 0.3) is 0 Å². The Kier molecular flexibility index (Phi) is 10.5. The third-order valence-corrected chi connectivity index (χ3v) is 5.45. The summed E-state index contributed by atoms with van der Waals surface area (Å²) in [5.41, 5.74) is 1.25. The van der Waals surface area contributed by atoms with Crippen LogP contribution in [0.15, 0.2) is 10.4 Å². The predicted molar refractivity (Wildman–Crippen MR) is 126 cm³/mol. The number of hydrogen-bond acceptors (Lipinski definition) is 5. The lowest BCUT2D eigenvalue weighted by atomic mass is 9.93. The van der Waals surface area contributed by atoms with E-state index >= 15 is 0 Å². The number of thiazole rings is 1. The maximum absolute atomic E-state index is 11.8. The van der Waals surface area contributed by atoms with Crippen LogP contribution in [0.5, 0.6) is 0 Å². The Morgan fingerprint density at radius 1 is 1.39 bits per heavy atom. The number of aromatic nitrogens is 1. The third kappa shape index (κ3) is 7.73. The minimum Gasteiger partial charge on any atom is -0.450 e. The maximum atomic E-state index is 11.8. The molecule has 9 heteroatoms. The molecule has 28 heavy (non-hydrogen) atoms. The number of carbonyl (C=O) groups is 1. The van der Waals surface area contributed by atoms with E-state index in [2.05, 4.69) is 41.8 Å². The summed E-state index contributed by atoms with van der Waals surface area (Å²) < 4.78 is 5.06. The van der Waals surface area contributed by atoms with Crippen LogP contribution in [-0.4, -0.2) is 61.3 Å². The van der Waals surface area contributed by atoms with Crippen molar-refractivity contribution in [1.29, 1.82) is 0 Å². The number of nitrogens with one attached hydrogen (secondary N) is 2. The highest BCUT2D eigenvalue weighted by molar-refractivity contribution is 14.0. The highest BCUT2D eigenvalue weighted by atomic mass is 127. The van der Waals surface area contributed by atoms with E-state index in [1.54, 1.807) is 23.3 Å². The Balaban J connectivity index is 0.00000392. The molecule has 2 N–H and O–H groups in total. The molecule has 1 aromatic heterocycles. The van der Waals surface area contributed by atoms with E-state index in [4.69, 9.17) is 9.72 Å². The molecule has 0 aliphatic carbocycles. The van der Waals surface area contributed by atoms with Gasteiger partial charge in [0, 0.05) is 49.9 Å². The molecule has 1 saturated heterocycles. The van der Waals surface area contributed by atoms with E-state index < -0.39 is 0 Å². The summed E-state index contributed by atoms with van der Waals surface area (Å²) in [5.74, 6) is 0.803. The van der Waals surface area contributed by atoms with Crippen molar-refractivity contribution in [3.63, 3.8) is 0 Å². The van der Waals surface area contributed by atoms with Crippen LogP contribution in [0.4, 0.5) is 4.79 Å². The minimum atomic E-state index is -0.212. The van der Waals surface area contributed by atoms with Gasteiger partial charge >= 0.3 is 6.09 Å². The van der Waals surface area contributed by atoms with Crippen LogP contribution < -0.4 is 10.6 Å². The van der Waals surface area contributed by atoms with Gasteiger partial charge in [0.15, 0.2) is 5.96 Å². The van der Waals surface area contributed by atoms with Crippen LogP contribution in [0.25, 0.3) is 0 Å². The number of rotatable bonds is 5. The summed E-state index contributed by atoms with van der Waals surface area (Å²) in [6.45, 7) is 11.0. The van der Waals surface area contributed by atoms with E-state index in [1.165, 1.54) is 0 Å². The number of likely N-dealkylation sites (tertiary alicyclic amines) is 1. The molecule has 0 saturated carbocycles.